The largest absolute Gasteiger partial charge is 0.377 e. The summed E-state index contributed by atoms with van der Waals surface area (Å²) in [5.74, 6) is 1.57. The van der Waals surface area contributed by atoms with Gasteiger partial charge in [-0.05, 0) is 62.5 Å². The molecule has 28 heavy (non-hydrogen) atoms. The third-order valence-corrected chi connectivity index (χ3v) is 8.14. The van der Waals surface area contributed by atoms with Crippen molar-refractivity contribution in [2.75, 3.05) is 37.9 Å². The smallest absolute Gasteiger partial charge is 0.214 e. The van der Waals surface area contributed by atoms with Crippen molar-refractivity contribution in [3.63, 3.8) is 0 Å². The molecule has 7 heteroatoms. The van der Waals surface area contributed by atoms with E-state index in [4.69, 9.17) is 4.74 Å². The van der Waals surface area contributed by atoms with Gasteiger partial charge in [-0.15, -0.1) is 0 Å². The summed E-state index contributed by atoms with van der Waals surface area (Å²) in [7, 11) is -1.27. The molecule has 1 aliphatic heterocycles. The van der Waals surface area contributed by atoms with Crippen LogP contribution in [0.25, 0.3) is 0 Å². The van der Waals surface area contributed by atoms with Crippen LogP contribution in [0.1, 0.15) is 64.0 Å². The lowest BCUT2D eigenvalue weighted by molar-refractivity contribution is 0.00547. The summed E-state index contributed by atoms with van der Waals surface area (Å²) in [6, 6.07) is 4.24. The van der Waals surface area contributed by atoms with Gasteiger partial charge >= 0.3 is 0 Å². The van der Waals surface area contributed by atoms with Crippen LogP contribution in [-0.2, 0) is 14.8 Å². The van der Waals surface area contributed by atoms with E-state index in [1.807, 2.05) is 13.2 Å². The third-order valence-electron chi connectivity index (χ3n) is 6.13. The van der Waals surface area contributed by atoms with E-state index in [1.54, 1.807) is 4.31 Å². The Morgan fingerprint density at radius 3 is 2.64 bits per heavy atom. The van der Waals surface area contributed by atoms with Gasteiger partial charge in [0.1, 0.15) is 0 Å². The number of aromatic nitrogens is 1. The highest BCUT2D eigenvalue weighted by Crippen LogP contribution is 2.36. The van der Waals surface area contributed by atoms with E-state index in [2.05, 4.69) is 36.1 Å². The second-order valence-electron chi connectivity index (χ2n) is 8.87. The average molecular weight is 412 g/mol. The number of nitrogens with zero attached hydrogens (tertiary/aromatic N) is 2. The number of rotatable bonds is 8. The van der Waals surface area contributed by atoms with Crippen molar-refractivity contribution in [3.8, 4) is 0 Å². The summed E-state index contributed by atoms with van der Waals surface area (Å²) in [5.41, 5.74) is 4.50. The van der Waals surface area contributed by atoms with Crippen molar-refractivity contribution in [1.29, 1.82) is 0 Å². The maximum absolute atomic E-state index is 13.0. The molecule has 1 atom stereocenters. The number of piperidine rings is 1. The van der Waals surface area contributed by atoms with E-state index in [0.29, 0.717) is 37.3 Å². The molecule has 2 heterocycles. The second-order valence-corrected chi connectivity index (χ2v) is 10.9. The molecule has 2 fully saturated rings. The molecule has 1 saturated heterocycles. The van der Waals surface area contributed by atoms with Gasteiger partial charge in [-0.25, -0.2) is 8.42 Å². The zero-order valence-corrected chi connectivity index (χ0v) is 18.5. The van der Waals surface area contributed by atoms with Crippen LogP contribution in [0, 0.1) is 11.8 Å². The van der Waals surface area contributed by atoms with Crippen LogP contribution in [0.5, 0.6) is 0 Å². The van der Waals surface area contributed by atoms with Crippen LogP contribution in [0.2, 0.25) is 0 Å². The predicted octanol–water partition coefficient (Wildman–Crippen LogP) is 3.40. The lowest BCUT2D eigenvalue weighted by Gasteiger charge is -2.34. The molecular formula is C21H37N3O3S. The molecule has 1 saturated carbocycles. The zero-order valence-electron chi connectivity index (χ0n) is 17.6. The number of nitrogens with one attached hydrogen (secondary N) is 1. The quantitative estimate of drug-likeness (QED) is 0.712. The second kappa shape index (κ2) is 9.63. The van der Waals surface area contributed by atoms with E-state index in [1.165, 1.54) is 5.69 Å². The van der Waals surface area contributed by atoms with Crippen LogP contribution in [0.3, 0.4) is 0 Å². The topological polar surface area (TPSA) is 63.6 Å². The van der Waals surface area contributed by atoms with E-state index in [0.717, 1.165) is 38.5 Å². The van der Waals surface area contributed by atoms with Crippen LogP contribution in [0.15, 0.2) is 18.3 Å². The molecule has 160 valence electrons. The van der Waals surface area contributed by atoms with Crippen molar-refractivity contribution in [2.45, 2.75) is 64.4 Å². The molecule has 0 radical (unpaired) electrons. The van der Waals surface area contributed by atoms with Gasteiger partial charge < -0.3 is 10.2 Å². The monoisotopic (exact) mass is 411 g/mol. The average Bonchev–Trinajstić information content (AvgIpc) is 3.16. The fourth-order valence-electron chi connectivity index (χ4n) is 4.58. The summed E-state index contributed by atoms with van der Waals surface area (Å²) in [6.07, 6.45) is 8.05. The minimum atomic E-state index is -3.20. The van der Waals surface area contributed by atoms with Crippen LogP contribution in [0.4, 0.5) is 0 Å². The number of hydrogen-bond donors (Lipinski definition) is 1. The van der Waals surface area contributed by atoms with Crippen LogP contribution < -0.4 is 5.43 Å². The van der Waals surface area contributed by atoms with Gasteiger partial charge in [-0.3, -0.25) is 4.68 Å². The highest BCUT2D eigenvalue weighted by molar-refractivity contribution is 7.89. The first-order chi connectivity index (χ1) is 13.4. The van der Waals surface area contributed by atoms with Gasteiger partial charge in [-0.2, -0.15) is 4.31 Å². The number of sulfonamides is 1. The van der Waals surface area contributed by atoms with E-state index in [9.17, 15) is 8.42 Å². The first kappa shape index (κ1) is 21.7. The van der Waals surface area contributed by atoms with Gasteiger partial charge in [0.05, 0.1) is 11.9 Å². The van der Waals surface area contributed by atoms with Crippen molar-refractivity contribution in [2.24, 2.45) is 11.8 Å². The standard InChI is InChI=1S/C21H37N3O3S/c1-17(2)15-27-20-6-4-12-23(14-20)28(25,26)16-18-8-10-19(11-9-18)21-7-5-13-24(21)22-3/h5,7,13,17-20,22H,4,6,8-12,14-16H2,1-3H3/t18-,19-,20?. The zero-order chi connectivity index (χ0) is 20.1. The predicted molar refractivity (Wildman–Crippen MR) is 114 cm³/mol. The lowest BCUT2D eigenvalue weighted by atomic mass is 9.81. The molecule has 0 aromatic carbocycles. The molecule has 0 amide bonds. The highest BCUT2D eigenvalue weighted by Gasteiger charge is 2.33. The minimum Gasteiger partial charge on any atom is -0.377 e. The number of ether oxygens (including phenoxy) is 1. The van der Waals surface area contributed by atoms with Crippen molar-refractivity contribution < 1.29 is 13.2 Å². The number of hydrogen-bond acceptors (Lipinski definition) is 4. The van der Waals surface area contributed by atoms with Crippen molar-refractivity contribution in [3.05, 3.63) is 24.0 Å². The summed E-state index contributed by atoms with van der Waals surface area (Å²) < 4.78 is 35.7. The Morgan fingerprint density at radius 1 is 1.21 bits per heavy atom. The SMILES string of the molecule is CNn1cccc1[C@H]1CC[C@H](CS(=O)(=O)N2CCCC(OCC(C)C)C2)CC1. The van der Waals surface area contributed by atoms with Gasteiger partial charge in [-0.1, -0.05) is 13.8 Å². The molecule has 0 spiro atoms. The molecule has 1 unspecified atom stereocenters. The Hall–Kier alpha value is -1.05. The van der Waals surface area contributed by atoms with E-state index in [-0.39, 0.29) is 12.0 Å². The summed E-state index contributed by atoms with van der Waals surface area (Å²) in [6.45, 7) is 6.13. The fraction of sp³-hybridized carbons (Fsp3) is 0.810. The molecule has 1 N–H and O–H groups in total. The van der Waals surface area contributed by atoms with E-state index >= 15 is 0 Å². The summed E-state index contributed by atoms with van der Waals surface area (Å²) >= 11 is 0. The lowest BCUT2D eigenvalue weighted by Crippen LogP contribution is -2.45. The maximum Gasteiger partial charge on any atom is 0.214 e. The Balaban J connectivity index is 1.51. The Labute approximate surface area is 170 Å². The molecule has 6 nitrogen and oxygen atoms in total. The summed E-state index contributed by atoms with van der Waals surface area (Å²) in [5, 5.41) is 0. The van der Waals surface area contributed by atoms with Crippen LogP contribution >= 0.6 is 0 Å². The first-order valence-electron chi connectivity index (χ1n) is 10.8. The summed E-state index contributed by atoms with van der Waals surface area (Å²) in [4.78, 5) is 0. The Morgan fingerprint density at radius 2 is 1.96 bits per heavy atom. The molecule has 2 aliphatic rings. The molecule has 1 aromatic rings. The molecule has 1 aliphatic carbocycles. The van der Waals surface area contributed by atoms with Gasteiger partial charge in [0.2, 0.25) is 10.0 Å². The minimum absolute atomic E-state index is 0.0518. The Kier molecular flexibility index (Phi) is 7.45. The molecular weight excluding hydrogens is 374 g/mol. The van der Waals surface area contributed by atoms with Crippen molar-refractivity contribution in [1.82, 2.24) is 8.98 Å². The molecule has 3 rings (SSSR count). The van der Waals surface area contributed by atoms with Gasteiger partial charge in [0, 0.05) is 44.6 Å². The third kappa shape index (κ3) is 5.51. The van der Waals surface area contributed by atoms with Crippen LogP contribution in [-0.4, -0.2) is 56.0 Å². The first-order valence-corrected chi connectivity index (χ1v) is 12.4. The van der Waals surface area contributed by atoms with E-state index < -0.39 is 10.0 Å². The van der Waals surface area contributed by atoms with Gasteiger partial charge in [0.25, 0.3) is 0 Å². The highest BCUT2D eigenvalue weighted by atomic mass is 32.2. The van der Waals surface area contributed by atoms with Gasteiger partial charge in [0.15, 0.2) is 0 Å². The molecule has 0 bridgehead atoms. The Bertz CT molecular complexity index is 708. The molecule has 1 aromatic heterocycles. The van der Waals surface area contributed by atoms with Crippen molar-refractivity contribution >= 4 is 10.0 Å². The normalized spacial score (nSPS) is 27.2. The fourth-order valence-corrected chi connectivity index (χ4v) is 6.52. The maximum atomic E-state index is 13.0.